The SMILES string of the molecule is CCNc1nc2sccn2c1S(=O)(=O)Nc1cnccn1. The molecule has 3 rings (SSSR count). The summed E-state index contributed by atoms with van der Waals surface area (Å²) in [6.45, 7) is 2.44. The molecule has 0 radical (unpaired) electrons. The molecule has 8 nitrogen and oxygen atoms in total. The second-order valence-corrected chi connectivity index (χ2v) is 6.52. The number of fused-ring (bicyclic) bond motifs is 1. The Hall–Kier alpha value is -2.20. The van der Waals surface area contributed by atoms with Crippen molar-refractivity contribution in [3.8, 4) is 0 Å². The smallest absolute Gasteiger partial charge is 0.282 e. The maximum atomic E-state index is 12.6. The molecule has 0 unspecified atom stereocenters. The van der Waals surface area contributed by atoms with Crippen LogP contribution < -0.4 is 10.0 Å². The number of nitrogens with zero attached hydrogens (tertiary/aromatic N) is 4. The van der Waals surface area contributed by atoms with E-state index in [1.54, 1.807) is 11.6 Å². The van der Waals surface area contributed by atoms with Gasteiger partial charge in [-0.05, 0) is 6.92 Å². The van der Waals surface area contributed by atoms with Gasteiger partial charge in [0.2, 0.25) is 5.03 Å². The summed E-state index contributed by atoms with van der Waals surface area (Å²) in [4.78, 5) is 12.6. The summed E-state index contributed by atoms with van der Waals surface area (Å²) < 4.78 is 29.1. The summed E-state index contributed by atoms with van der Waals surface area (Å²) >= 11 is 1.36. The van der Waals surface area contributed by atoms with E-state index in [4.69, 9.17) is 0 Å². The van der Waals surface area contributed by atoms with Gasteiger partial charge >= 0.3 is 0 Å². The third kappa shape index (κ3) is 2.54. The lowest BCUT2D eigenvalue weighted by atomic mass is 10.6. The standard InChI is InChI=1S/C11H12N6O2S2/c1-2-13-9-10(17-5-6-20-11(17)15-9)21(18,19)16-8-7-12-3-4-14-8/h3-7,13H,2H2,1H3,(H,14,16). The highest BCUT2D eigenvalue weighted by molar-refractivity contribution is 7.92. The number of sulfonamides is 1. The van der Waals surface area contributed by atoms with Crippen LogP contribution in [0.3, 0.4) is 0 Å². The van der Waals surface area contributed by atoms with Crippen LogP contribution in [0.1, 0.15) is 6.92 Å². The molecule has 0 spiro atoms. The van der Waals surface area contributed by atoms with Gasteiger partial charge in [0.25, 0.3) is 10.0 Å². The molecule has 0 fully saturated rings. The largest absolute Gasteiger partial charge is 0.368 e. The first-order chi connectivity index (χ1) is 10.1. The highest BCUT2D eigenvalue weighted by Gasteiger charge is 2.26. The number of imidazole rings is 1. The minimum absolute atomic E-state index is 0.0613. The first-order valence-electron chi connectivity index (χ1n) is 6.10. The molecule has 0 bridgehead atoms. The number of hydrogen-bond acceptors (Lipinski definition) is 7. The van der Waals surface area contributed by atoms with Gasteiger partial charge in [-0.2, -0.15) is 8.42 Å². The number of thiazole rings is 1. The van der Waals surface area contributed by atoms with Crippen molar-refractivity contribution in [3.05, 3.63) is 30.2 Å². The number of aromatic nitrogens is 4. The molecule has 0 atom stereocenters. The van der Waals surface area contributed by atoms with Crippen LogP contribution in [0.4, 0.5) is 11.6 Å². The minimum Gasteiger partial charge on any atom is -0.368 e. The lowest BCUT2D eigenvalue weighted by Crippen LogP contribution is -2.17. The van der Waals surface area contributed by atoms with Crippen LogP contribution in [0, 0.1) is 0 Å². The Labute approximate surface area is 124 Å². The number of hydrogen-bond donors (Lipinski definition) is 2. The van der Waals surface area contributed by atoms with E-state index < -0.39 is 10.0 Å². The van der Waals surface area contributed by atoms with Gasteiger partial charge in [-0.1, -0.05) is 0 Å². The van der Waals surface area contributed by atoms with Crippen LogP contribution in [-0.2, 0) is 10.0 Å². The maximum absolute atomic E-state index is 12.6. The summed E-state index contributed by atoms with van der Waals surface area (Å²) in [5.74, 6) is 0.478. The first-order valence-corrected chi connectivity index (χ1v) is 8.46. The van der Waals surface area contributed by atoms with Crippen LogP contribution >= 0.6 is 11.3 Å². The van der Waals surface area contributed by atoms with Gasteiger partial charge in [-0.3, -0.25) is 14.1 Å². The van der Waals surface area contributed by atoms with Crippen molar-refractivity contribution in [1.29, 1.82) is 0 Å². The molecular formula is C11H12N6O2S2. The second-order valence-electron chi connectivity index (χ2n) is 4.05. The topological polar surface area (TPSA) is 101 Å². The van der Waals surface area contributed by atoms with Gasteiger partial charge in [0, 0.05) is 30.5 Å². The fourth-order valence-electron chi connectivity index (χ4n) is 1.84. The molecule has 0 aromatic carbocycles. The molecule has 3 heterocycles. The minimum atomic E-state index is -3.83. The van der Waals surface area contributed by atoms with Gasteiger partial charge in [0.05, 0.1) is 6.20 Å². The molecule has 0 aliphatic heterocycles. The molecule has 3 aromatic heterocycles. The predicted octanol–water partition coefficient (Wildman–Crippen LogP) is 1.42. The summed E-state index contributed by atoms with van der Waals surface area (Å²) in [5, 5.41) is 4.80. The number of rotatable bonds is 5. The molecule has 0 saturated heterocycles. The Bertz CT molecular complexity index is 855. The second kappa shape index (κ2) is 5.30. The predicted molar refractivity (Wildman–Crippen MR) is 80.1 cm³/mol. The average Bonchev–Trinajstić information content (AvgIpc) is 2.99. The van der Waals surface area contributed by atoms with Crippen molar-refractivity contribution in [2.45, 2.75) is 11.9 Å². The summed E-state index contributed by atoms with van der Waals surface area (Å²) in [6, 6.07) is 0. The van der Waals surface area contributed by atoms with Gasteiger partial charge < -0.3 is 5.32 Å². The lowest BCUT2D eigenvalue weighted by molar-refractivity contribution is 0.597. The van der Waals surface area contributed by atoms with Crippen LogP contribution in [0.25, 0.3) is 4.96 Å². The monoisotopic (exact) mass is 324 g/mol. The zero-order chi connectivity index (χ0) is 14.9. The Morgan fingerprint density at radius 2 is 2.24 bits per heavy atom. The molecule has 3 aromatic rings. The van der Waals surface area contributed by atoms with Crippen LogP contribution in [0.15, 0.2) is 35.2 Å². The van der Waals surface area contributed by atoms with Gasteiger partial charge in [-0.15, -0.1) is 11.3 Å². The quantitative estimate of drug-likeness (QED) is 0.736. The molecule has 0 aliphatic rings. The fraction of sp³-hybridized carbons (Fsp3) is 0.182. The Morgan fingerprint density at radius 3 is 2.95 bits per heavy atom. The van der Waals surface area contributed by atoms with E-state index in [0.717, 1.165) is 0 Å². The maximum Gasteiger partial charge on any atom is 0.282 e. The van der Waals surface area contributed by atoms with E-state index in [-0.39, 0.29) is 10.8 Å². The Balaban J connectivity index is 2.09. The zero-order valence-corrected chi connectivity index (χ0v) is 12.6. The van der Waals surface area contributed by atoms with Crippen molar-refractivity contribution < 1.29 is 8.42 Å². The van der Waals surface area contributed by atoms with Gasteiger partial charge in [-0.25, -0.2) is 9.97 Å². The molecule has 0 amide bonds. The van der Waals surface area contributed by atoms with Crippen molar-refractivity contribution in [1.82, 2.24) is 19.4 Å². The van der Waals surface area contributed by atoms with E-state index in [1.807, 2.05) is 6.92 Å². The van der Waals surface area contributed by atoms with Crippen molar-refractivity contribution in [2.75, 3.05) is 16.6 Å². The fourth-order valence-corrected chi connectivity index (χ4v) is 3.87. The Morgan fingerprint density at radius 1 is 1.38 bits per heavy atom. The van der Waals surface area contributed by atoms with Crippen molar-refractivity contribution in [3.63, 3.8) is 0 Å². The third-order valence-electron chi connectivity index (χ3n) is 2.62. The molecule has 110 valence electrons. The Kier molecular flexibility index (Phi) is 3.47. The molecule has 0 aliphatic carbocycles. The van der Waals surface area contributed by atoms with Gasteiger partial charge in [0.15, 0.2) is 16.6 Å². The summed E-state index contributed by atoms with van der Waals surface area (Å²) in [6.07, 6.45) is 5.90. The summed E-state index contributed by atoms with van der Waals surface area (Å²) in [7, 11) is -3.83. The van der Waals surface area contributed by atoms with Crippen molar-refractivity contribution >= 4 is 38.0 Å². The van der Waals surface area contributed by atoms with Crippen LogP contribution in [0.5, 0.6) is 0 Å². The lowest BCUT2D eigenvalue weighted by Gasteiger charge is -2.08. The molecule has 21 heavy (non-hydrogen) atoms. The first kappa shape index (κ1) is 13.8. The van der Waals surface area contributed by atoms with E-state index >= 15 is 0 Å². The van der Waals surface area contributed by atoms with E-state index in [1.165, 1.54) is 34.3 Å². The van der Waals surface area contributed by atoms with Crippen LogP contribution in [-0.4, -0.2) is 34.3 Å². The average molecular weight is 324 g/mol. The number of nitrogens with one attached hydrogen (secondary N) is 2. The van der Waals surface area contributed by atoms with E-state index in [9.17, 15) is 8.42 Å². The van der Waals surface area contributed by atoms with Crippen LogP contribution in [0.2, 0.25) is 0 Å². The normalized spacial score (nSPS) is 11.7. The molecule has 2 N–H and O–H groups in total. The molecule has 0 saturated carbocycles. The van der Waals surface area contributed by atoms with E-state index in [2.05, 4.69) is 25.0 Å². The summed E-state index contributed by atoms with van der Waals surface area (Å²) in [5.41, 5.74) is 0. The van der Waals surface area contributed by atoms with E-state index in [0.29, 0.717) is 17.3 Å². The van der Waals surface area contributed by atoms with Crippen molar-refractivity contribution in [2.24, 2.45) is 0 Å². The highest BCUT2D eigenvalue weighted by Crippen LogP contribution is 2.26. The molecular weight excluding hydrogens is 312 g/mol. The number of anilines is 2. The van der Waals surface area contributed by atoms with Gasteiger partial charge in [0.1, 0.15) is 0 Å². The molecule has 10 heteroatoms. The highest BCUT2D eigenvalue weighted by atomic mass is 32.2. The third-order valence-corrected chi connectivity index (χ3v) is 4.75. The zero-order valence-electron chi connectivity index (χ0n) is 11.0.